The van der Waals surface area contributed by atoms with Crippen LogP contribution in [-0.2, 0) is 6.42 Å². The normalized spacial score (nSPS) is 12.5. The van der Waals surface area contributed by atoms with Gasteiger partial charge in [-0.1, -0.05) is 17.7 Å². The van der Waals surface area contributed by atoms with Crippen LogP contribution in [0.25, 0.3) is 0 Å². The van der Waals surface area contributed by atoms with Gasteiger partial charge in [-0.2, -0.15) is 0 Å². The highest BCUT2D eigenvalue weighted by Crippen LogP contribution is 2.27. The first-order valence-electron chi connectivity index (χ1n) is 6.49. The van der Waals surface area contributed by atoms with Crippen LogP contribution < -0.4 is 5.32 Å². The highest BCUT2D eigenvalue weighted by Gasteiger charge is 2.18. The van der Waals surface area contributed by atoms with Crippen molar-refractivity contribution in [2.75, 3.05) is 7.05 Å². The van der Waals surface area contributed by atoms with Gasteiger partial charge in [0.1, 0.15) is 17.5 Å². The summed E-state index contributed by atoms with van der Waals surface area (Å²) in [6.07, 6.45) is 0.373. The summed E-state index contributed by atoms with van der Waals surface area (Å²) in [6.45, 7) is 1.58. The molecule has 0 radical (unpaired) electrons. The lowest BCUT2D eigenvalue weighted by Crippen LogP contribution is -2.20. The SMILES string of the molecule is CNC(Cc1ccc(F)cc1Cl)c1cc(C)c(F)cc1F. The molecule has 0 saturated carbocycles. The van der Waals surface area contributed by atoms with Crippen molar-refractivity contribution in [3.63, 3.8) is 0 Å². The molecule has 0 fully saturated rings. The third kappa shape index (κ3) is 3.57. The van der Waals surface area contributed by atoms with Crippen molar-refractivity contribution in [1.29, 1.82) is 0 Å². The first kappa shape index (κ1) is 15.9. The van der Waals surface area contributed by atoms with Gasteiger partial charge in [-0.25, -0.2) is 13.2 Å². The Morgan fingerprint density at radius 1 is 1.10 bits per heavy atom. The zero-order valence-electron chi connectivity index (χ0n) is 11.7. The van der Waals surface area contributed by atoms with E-state index in [1.54, 1.807) is 20.0 Å². The van der Waals surface area contributed by atoms with Gasteiger partial charge in [0, 0.05) is 22.7 Å². The quantitative estimate of drug-likeness (QED) is 0.872. The Morgan fingerprint density at radius 2 is 1.81 bits per heavy atom. The van der Waals surface area contributed by atoms with Crippen molar-refractivity contribution in [3.8, 4) is 0 Å². The monoisotopic (exact) mass is 313 g/mol. The maximum atomic E-state index is 14.0. The summed E-state index contributed by atoms with van der Waals surface area (Å²) in [7, 11) is 1.68. The van der Waals surface area contributed by atoms with Crippen LogP contribution in [0.4, 0.5) is 13.2 Å². The molecule has 2 rings (SSSR count). The van der Waals surface area contributed by atoms with E-state index in [-0.39, 0.29) is 11.1 Å². The van der Waals surface area contributed by atoms with Crippen LogP contribution in [0.3, 0.4) is 0 Å². The molecular formula is C16H15ClF3N. The minimum atomic E-state index is -0.615. The molecule has 0 aliphatic carbocycles. The van der Waals surface area contributed by atoms with Crippen LogP contribution in [0.15, 0.2) is 30.3 Å². The predicted molar refractivity (Wildman–Crippen MR) is 78.0 cm³/mol. The minimum absolute atomic E-state index is 0.287. The minimum Gasteiger partial charge on any atom is -0.313 e. The summed E-state index contributed by atoms with van der Waals surface area (Å²) in [5, 5.41) is 3.27. The molecule has 0 spiro atoms. The van der Waals surface area contributed by atoms with E-state index in [9.17, 15) is 13.2 Å². The lowest BCUT2D eigenvalue weighted by Gasteiger charge is -2.19. The molecule has 2 aromatic carbocycles. The summed E-state index contributed by atoms with van der Waals surface area (Å²) in [6, 6.07) is 6.06. The number of hydrogen-bond donors (Lipinski definition) is 1. The Balaban J connectivity index is 2.34. The molecule has 0 amide bonds. The summed E-state index contributed by atoms with van der Waals surface area (Å²) < 4.78 is 40.4. The van der Waals surface area contributed by atoms with Crippen LogP contribution >= 0.6 is 11.6 Å². The number of likely N-dealkylation sites (N-methyl/N-ethyl adjacent to an activating group) is 1. The number of nitrogens with one attached hydrogen (secondary N) is 1. The molecule has 5 heteroatoms. The van der Waals surface area contributed by atoms with Crippen LogP contribution in [0.1, 0.15) is 22.7 Å². The fraction of sp³-hybridized carbons (Fsp3) is 0.250. The van der Waals surface area contributed by atoms with Crippen molar-refractivity contribution in [3.05, 3.63) is 69.5 Å². The van der Waals surface area contributed by atoms with E-state index in [2.05, 4.69) is 5.32 Å². The van der Waals surface area contributed by atoms with Crippen molar-refractivity contribution in [2.24, 2.45) is 0 Å². The molecule has 2 aromatic rings. The van der Waals surface area contributed by atoms with Gasteiger partial charge >= 0.3 is 0 Å². The molecule has 0 saturated heterocycles. The fourth-order valence-electron chi connectivity index (χ4n) is 2.22. The van der Waals surface area contributed by atoms with Crippen molar-refractivity contribution in [2.45, 2.75) is 19.4 Å². The van der Waals surface area contributed by atoms with Crippen LogP contribution in [-0.4, -0.2) is 7.05 Å². The Bertz CT molecular complexity index is 658. The maximum absolute atomic E-state index is 14.0. The number of hydrogen-bond acceptors (Lipinski definition) is 1. The molecule has 21 heavy (non-hydrogen) atoms. The molecule has 1 nitrogen and oxygen atoms in total. The van der Waals surface area contributed by atoms with E-state index < -0.39 is 17.5 Å². The molecule has 1 atom stereocenters. The second kappa shape index (κ2) is 6.50. The smallest absolute Gasteiger partial charge is 0.130 e. The van der Waals surface area contributed by atoms with Gasteiger partial charge in [0.15, 0.2) is 0 Å². The van der Waals surface area contributed by atoms with Gasteiger partial charge in [-0.3, -0.25) is 0 Å². The molecule has 0 aromatic heterocycles. The lowest BCUT2D eigenvalue weighted by atomic mass is 9.97. The first-order chi connectivity index (χ1) is 9.92. The van der Waals surface area contributed by atoms with E-state index in [1.807, 2.05) is 0 Å². The fourth-order valence-corrected chi connectivity index (χ4v) is 2.47. The van der Waals surface area contributed by atoms with E-state index >= 15 is 0 Å². The summed E-state index contributed by atoms with van der Waals surface area (Å²) in [5.74, 6) is -1.62. The van der Waals surface area contributed by atoms with E-state index in [1.165, 1.54) is 18.2 Å². The standard InChI is InChI=1S/C16H15ClF3N/c1-9-5-12(15(20)8-14(9)19)16(21-2)6-10-3-4-11(18)7-13(10)17/h3-5,7-8,16,21H,6H2,1-2H3. The average molecular weight is 314 g/mol. The zero-order chi connectivity index (χ0) is 15.6. The van der Waals surface area contributed by atoms with Crippen LogP contribution in [0, 0.1) is 24.4 Å². The molecule has 1 N–H and O–H groups in total. The zero-order valence-corrected chi connectivity index (χ0v) is 12.4. The highest BCUT2D eigenvalue weighted by atomic mass is 35.5. The first-order valence-corrected chi connectivity index (χ1v) is 6.87. The lowest BCUT2D eigenvalue weighted by molar-refractivity contribution is 0.518. The Morgan fingerprint density at radius 3 is 2.43 bits per heavy atom. The molecule has 0 aliphatic heterocycles. The predicted octanol–water partition coefficient (Wildman–Crippen LogP) is 4.57. The second-order valence-electron chi connectivity index (χ2n) is 4.90. The van der Waals surface area contributed by atoms with Gasteiger partial charge < -0.3 is 5.32 Å². The largest absolute Gasteiger partial charge is 0.313 e. The second-order valence-corrected chi connectivity index (χ2v) is 5.31. The van der Waals surface area contributed by atoms with Crippen molar-refractivity contribution < 1.29 is 13.2 Å². The van der Waals surface area contributed by atoms with E-state index in [0.717, 1.165) is 6.07 Å². The molecule has 0 bridgehead atoms. The average Bonchev–Trinajstić information content (AvgIpc) is 2.43. The number of rotatable bonds is 4. The van der Waals surface area contributed by atoms with E-state index in [0.29, 0.717) is 23.1 Å². The summed E-state index contributed by atoms with van der Waals surface area (Å²) >= 11 is 5.99. The molecular weight excluding hydrogens is 299 g/mol. The summed E-state index contributed by atoms with van der Waals surface area (Å²) in [4.78, 5) is 0. The van der Waals surface area contributed by atoms with Gasteiger partial charge in [0.2, 0.25) is 0 Å². The van der Waals surface area contributed by atoms with Crippen molar-refractivity contribution in [1.82, 2.24) is 5.32 Å². The highest BCUT2D eigenvalue weighted by molar-refractivity contribution is 6.31. The molecule has 1 unspecified atom stereocenters. The van der Waals surface area contributed by atoms with Gasteiger partial charge in [-0.15, -0.1) is 0 Å². The van der Waals surface area contributed by atoms with Crippen LogP contribution in [0.5, 0.6) is 0 Å². The third-order valence-corrected chi connectivity index (χ3v) is 3.79. The van der Waals surface area contributed by atoms with Gasteiger partial charge in [0.05, 0.1) is 0 Å². The Kier molecular flexibility index (Phi) is 4.91. The van der Waals surface area contributed by atoms with E-state index in [4.69, 9.17) is 11.6 Å². The van der Waals surface area contributed by atoms with Crippen molar-refractivity contribution >= 4 is 11.6 Å². The molecule has 0 heterocycles. The number of aryl methyl sites for hydroxylation is 1. The Labute approximate surface area is 126 Å². The maximum Gasteiger partial charge on any atom is 0.130 e. The Hall–Kier alpha value is -1.52. The molecule has 112 valence electrons. The van der Waals surface area contributed by atoms with Gasteiger partial charge in [0.25, 0.3) is 0 Å². The number of halogens is 4. The molecule has 0 aliphatic rings. The summed E-state index contributed by atoms with van der Waals surface area (Å²) in [5.41, 5.74) is 1.42. The van der Waals surface area contributed by atoms with Gasteiger partial charge in [-0.05, 0) is 49.7 Å². The van der Waals surface area contributed by atoms with Crippen LogP contribution in [0.2, 0.25) is 5.02 Å². The topological polar surface area (TPSA) is 12.0 Å². The number of benzene rings is 2. The third-order valence-electron chi connectivity index (χ3n) is 3.44.